The summed E-state index contributed by atoms with van der Waals surface area (Å²) in [6.07, 6.45) is 5.18. The van der Waals surface area contributed by atoms with Gasteiger partial charge in [-0.25, -0.2) is 0 Å². The molecule has 0 fully saturated rings. The number of hydrogen-bond donors (Lipinski definition) is 1. The van der Waals surface area contributed by atoms with E-state index in [0.29, 0.717) is 6.54 Å². The summed E-state index contributed by atoms with van der Waals surface area (Å²) in [7, 11) is 2.14. The van der Waals surface area contributed by atoms with Gasteiger partial charge in [0.2, 0.25) is 0 Å². The number of rotatable bonds is 6. The maximum Gasteiger partial charge on any atom is 0.0538 e. The Balaban J connectivity index is 2.75. The minimum absolute atomic E-state index is 0.259. The van der Waals surface area contributed by atoms with Crippen LogP contribution in [0.2, 0.25) is 0 Å². The molecule has 18 heavy (non-hydrogen) atoms. The van der Waals surface area contributed by atoms with Gasteiger partial charge in [0.05, 0.1) is 6.20 Å². The third kappa shape index (κ3) is 4.42. The zero-order valence-electron chi connectivity index (χ0n) is 12.5. The SMILES string of the molecule is CCCn1cc(C(CN)N(C)CC(C)(C)C)cn1. The molecule has 0 amide bonds. The summed E-state index contributed by atoms with van der Waals surface area (Å²) < 4.78 is 2.00. The topological polar surface area (TPSA) is 47.1 Å². The average molecular weight is 252 g/mol. The lowest BCUT2D eigenvalue weighted by Crippen LogP contribution is -2.36. The Morgan fingerprint density at radius 2 is 2.11 bits per heavy atom. The Hall–Kier alpha value is -0.870. The van der Waals surface area contributed by atoms with Gasteiger partial charge in [-0.05, 0) is 18.9 Å². The number of aryl methyl sites for hydroxylation is 1. The van der Waals surface area contributed by atoms with Crippen LogP contribution in [-0.4, -0.2) is 34.8 Å². The molecular formula is C14H28N4. The van der Waals surface area contributed by atoms with E-state index in [2.05, 4.69) is 50.9 Å². The quantitative estimate of drug-likeness (QED) is 0.845. The highest BCUT2D eigenvalue weighted by Crippen LogP contribution is 2.23. The van der Waals surface area contributed by atoms with Gasteiger partial charge in [0.25, 0.3) is 0 Å². The summed E-state index contributed by atoms with van der Waals surface area (Å²) in [5.74, 6) is 0. The Labute approximate surface area is 111 Å². The van der Waals surface area contributed by atoms with Gasteiger partial charge < -0.3 is 5.73 Å². The van der Waals surface area contributed by atoms with Crippen molar-refractivity contribution in [1.29, 1.82) is 0 Å². The lowest BCUT2D eigenvalue weighted by atomic mass is 9.95. The average Bonchev–Trinajstić information content (AvgIpc) is 2.65. The zero-order chi connectivity index (χ0) is 13.8. The van der Waals surface area contributed by atoms with Crippen LogP contribution >= 0.6 is 0 Å². The number of hydrogen-bond acceptors (Lipinski definition) is 3. The van der Waals surface area contributed by atoms with Crippen LogP contribution in [0.3, 0.4) is 0 Å². The Morgan fingerprint density at radius 1 is 1.44 bits per heavy atom. The van der Waals surface area contributed by atoms with E-state index in [1.54, 1.807) is 0 Å². The lowest BCUT2D eigenvalue weighted by Gasteiger charge is -2.32. The molecule has 1 aromatic heterocycles. The molecule has 0 aliphatic rings. The van der Waals surface area contributed by atoms with Gasteiger partial charge in [0.15, 0.2) is 0 Å². The molecule has 4 nitrogen and oxygen atoms in total. The van der Waals surface area contributed by atoms with Gasteiger partial charge in [-0.15, -0.1) is 0 Å². The molecule has 2 N–H and O–H groups in total. The van der Waals surface area contributed by atoms with Gasteiger partial charge >= 0.3 is 0 Å². The Morgan fingerprint density at radius 3 is 2.61 bits per heavy atom. The third-order valence-electron chi connectivity index (χ3n) is 2.97. The normalized spacial score (nSPS) is 14.2. The van der Waals surface area contributed by atoms with Crippen LogP contribution < -0.4 is 5.73 Å². The van der Waals surface area contributed by atoms with E-state index in [1.807, 2.05) is 10.9 Å². The molecule has 1 atom stereocenters. The van der Waals surface area contributed by atoms with Gasteiger partial charge in [0.1, 0.15) is 0 Å². The first-order valence-corrected chi connectivity index (χ1v) is 6.80. The minimum atomic E-state index is 0.259. The predicted molar refractivity (Wildman–Crippen MR) is 76.4 cm³/mol. The molecular weight excluding hydrogens is 224 g/mol. The highest BCUT2D eigenvalue weighted by Gasteiger charge is 2.21. The fraction of sp³-hybridized carbons (Fsp3) is 0.786. The third-order valence-corrected chi connectivity index (χ3v) is 2.97. The van der Waals surface area contributed by atoms with Crippen molar-refractivity contribution in [2.45, 2.75) is 46.7 Å². The van der Waals surface area contributed by atoms with Crippen molar-refractivity contribution in [3.8, 4) is 0 Å². The molecule has 0 saturated carbocycles. The number of likely N-dealkylation sites (N-methyl/N-ethyl adjacent to an activating group) is 1. The summed E-state index contributed by atoms with van der Waals surface area (Å²) in [4.78, 5) is 2.33. The first-order chi connectivity index (χ1) is 8.37. The van der Waals surface area contributed by atoms with Crippen molar-refractivity contribution < 1.29 is 0 Å². The van der Waals surface area contributed by atoms with Crippen LogP contribution in [-0.2, 0) is 6.54 Å². The van der Waals surface area contributed by atoms with Crippen LogP contribution in [0.15, 0.2) is 12.4 Å². The standard InChI is InChI=1S/C14H28N4/c1-6-7-18-10-12(9-16-18)13(8-15)17(5)11-14(2,3)4/h9-10,13H,6-8,11,15H2,1-5H3. The highest BCUT2D eigenvalue weighted by atomic mass is 15.3. The highest BCUT2D eigenvalue weighted by molar-refractivity contribution is 5.11. The van der Waals surface area contributed by atoms with E-state index in [-0.39, 0.29) is 11.5 Å². The van der Waals surface area contributed by atoms with Crippen molar-refractivity contribution in [2.24, 2.45) is 11.1 Å². The molecule has 1 aromatic rings. The monoisotopic (exact) mass is 252 g/mol. The fourth-order valence-electron chi connectivity index (χ4n) is 2.33. The number of nitrogens with zero attached hydrogens (tertiary/aromatic N) is 3. The molecule has 0 spiro atoms. The van der Waals surface area contributed by atoms with E-state index >= 15 is 0 Å². The molecule has 0 aliphatic heterocycles. The van der Waals surface area contributed by atoms with Crippen LogP contribution in [0.25, 0.3) is 0 Å². The molecule has 0 aromatic carbocycles. The van der Waals surface area contributed by atoms with Crippen molar-refractivity contribution in [3.05, 3.63) is 18.0 Å². The van der Waals surface area contributed by atoms with Crippen LogP contribution in [0.4, 0.5) is 0 Å². The molecule has 0 radical (unpaired) electrons. The number of nitrogens with two attached hydrogens (primary N) is 1. The molecule has 104 valence electrons. The Kier molecular flexibility index (Phi) is 5.35. The summed E-state index contributed by atoms with van der Waals surface area (Å²) in [5.41, 5.74) is 7.43. The lowest BCUT2D eigenvalue weighted by molar-refractivity contribution is 0.175. The van der Waals surface area contributed by atoms with E-state index in [0.717, 1.165) is 19.5 Å². The fourth-order valence-corrected chi connectivity index (χ4v) is 2.33. The van der Waals surface area contributed by atoms with Crippen molar-refractivity contribution in [1.82, 2.24) is 14.7 Å². The van der Waals surface area contributed by atoms with Gasteiger partial charge in [0, 0.05) is 37.4 Å². The zero-order valence-corrected chi connectivity index (χ0v) is 12.5. The van der Waals surface area contributed by atoms with Gasteiger partial charge in [-0.3, -0.25) is 9.58 Å². The molecule has 0 saturated heterocycles. The maximum absolute atomic E-state index is 5.93. The smallest absolute Gasteiger partial charge is 0.0538 e. The second-order valence-corrected chi connectivity index (χ2v) is 6.26. The van der Waals surface area contributed by atoms with E-state index in [9.17, 15) is 0 Å². The molecule has 0 aliphatic carbocycles. The van der Waals surface area contributed by atoms with E-state index in [4.69, 9.17) is 5.73 Å². The number of aromatic nitrogens is 2. The Bertz CT molecular complexity index is 351. The first-order valence-electron chi connectivity index (χ1n) is 6.80. The van der Waals surface area contributed by atoms with Crippen molar-refractivity contribution >= 4 is 0 Å². The minimum Gasteiger partial charge on any atom is -0.329 e. The molecule has 1 rings (SSSR count). The second kappa shape index (κ2) is 6.34. The summed E-state index contributed by atoms with van der Waals surface area (Å²) in [5, 5.41) is 4.39. The molecule has 0 bridgehead atoms. The van der Waals surface area contributed by atoms with Gasteiger partial charge in [-0.2, -0.15) is 5.10 Å². The second-order valence-electron chi connectivity index (χ2n) is 6.26. The first kappa shape index (κ1) is 15.2. The summed E-state index contributed by atoms with van der Waals surface area (Å²) >= 11 is 0. The van der Waals surface area contributed by atoms with E-state index in [1.165, 1.54) is 5.56 Å². The van der Waals surface area contributed by atoms with E-state index < -0.39 is 0 Å². The van der Waals surface area contributed by atoms with Crippen LogP contribution in [0.5, 0.6) is 0 Å². The van der Waals surface area contributed by atoms with Crippen LogP contribution in [0, 0.1) is 5.41 Å². The van der Waals surface area contributed by atoms with Gasteiger partial charge in [-0.1, -0.05) is 27.7 Å². The largest absolute Gasteiger partial charge is 0.329 e. The predicted octanol–water partition coefficient (Wildman–Crippen LogP) is 2.27. The molecule has 4 heteroatoms. The van der Waals surface area contributed by atoms with Crippen LogP contribution in [0.1, 0.15) is 45.7 Å². The van der Waals surface area contributed by atoms with Crippen molar-refractivity contribution in [2.75, 3.05) is 20.1 Å². The summed E-state index contributed by atoms with van der Waals surface area (Å²) in [6.45, 7) is 11.5. The molecule has 1 unspecified atom stereocenters. The van der Waals surface area contributed by atoms with Crippen molar-refractivity contribution in [3.63, 3.8) is 0 Å². The molecule has 1 heterocycles. The maximum atomic E-state index is 5.93. The summed E-state index contributed by atoms with van der Waals surface area (Å²) in [6, 6.07) is 0.259.